The van der Waals surface area contributed by atoms with Gasteiger partial charge in [-0.3, -0.25) is 0 Å². The van der Waals surface area contributed by atoms with Crippen LogP contribution >= 0.6 is 0 Å². The highest BCUT2D eigenvalue weighted by Gasteiger charge is 2.20. The predicted molar refractivity (Wildman–Crippen MR) is 213 cm³/mol. The number of hydrogen-bond donors (Lipinski definition) is 0. The molecule has 1 aromatic heterocycles. The summed E-state index contributed by atoms with van der Waals surface area (Å²) in [5.41, 5.74) is 13.6. The third kappa shape index (κ3) is 5.89. The van der Waals surface area contributed by atoms with Gasteiger partial charge in [0, 0.05) is 46.3 Å². The van der Waals surface area contributed by atoms with Crippen LogP contribution in [0.5, 0.6) is 0 Å². The summed E-state index contributed by atoms with van der Waals surface area (Å²) in [4.78, 5) is 0. The second kappa shape index (κ2) is 13.5. The Morgan fingerprint density at radius 3 is 2.02 bits per heavy atom. The molecule has 50 heavy (non-hydrogen) atoms. The lowest BCUT2D eigenvalue weighted by molar-refractivity contribution is -0.358. The van der Waals surface area contributed by atoms with E-state index in [0.29, 0.717) is 0 Å². The van der Waals surface area contributed by atoms with E-state index in [1.54, 1.807) is 0 Å². The molecular weight excluding hydrogens is 605 g/mol. The summed E-state index contributed by atoms with van der Waals surface area (Å²) in [6, 6.07) is 54.2. The average Bonchev–Trinajstić information content (AvgIpc) is 3.39. The fourth-order valence-electron chi connectivity index (χ4n) is 6.92. The van der Waals surface area contributed by atoms with Crippen molar-refractivity contribution >= 4 is 38.8 Å². The van der Waals surface area contributed by atoms with E-state index in [9.17, 15) is 0 Å². The Labute approximate surface area is 293 Å². The van der Waals surface area contributed by atoms with E-state index in [2.05, 4.69) is 217 Å². The fraction of sp³-hybridized carbons (Fsp3) is 0.0208. The maximum absolute atomic E-state index is 4.50. The highest BCUT2D eigenvalue weighted by atomic mass is 15.0. The molecule has 0 amide bonds. The van der Waals surface area contributed by atoms with Crippen molar-refractivity contribution in [3.63, 3.8) is 0 Å². The second-order valence-electron chi connectivity index (χ2n) is 12.5. The molecule has 238 valence electrons. The van der Waals surface area contributed by atoms with Crippen molar-refractivity contribution < 1.29 is 4.58 Å². The number of hydrogen-bond acceptors (Lipinski definition) is 0. The monoisotopic (exact) mass is 641 g/mol. The van der Waals surface area contributed by atoms with Crippen LogP contribution in [0.25, 0.3) is 55.3 Å². The van der Waals surface area contributed by atoms with Crippen molar-refractivity contribution in [1.29, 1.82) is 0 Å². The first-order chi connectivity index (χ1) is 24.7. The number of fused-ring (bicyclic) bond motifs is 3. The molecule has 1 aliphatic heterocycles. The van der Waals surface area contributed by atoms with Crippen molar-refractivity contribution in [2.45, 2.75) is 6.92 Å². The third-order valence-corrected chi connectivity index (χ3v) is 9.32. The standard InChI is InChI=1S/C48H37N2/c1-3-16-38(34-48-35(2)17-12-13-30-49(48)42-24-14-22-39(31-42)36-18-6-4-7-19-36)41-28-29-47-45(33-41)44-26-10-11-27-46(44)50(47)43-25-15-23-40(32-43)37-20-8-5-9-21-37/h3-34H,2H2,1H3/q+1/b16-3-. The molecule has 0 fully saturated rings. The Kier molecular flexibility index (Phi) is 8.34. The SMILES string of the molecule is C=C1C=CC=C[N+](c2cccc(-c3ccccc3)c2)=C1/C=C(\C=C/C)c1ccc2c(c1)c1ccccc1n2-c1cccc(-c2ccccc2)c1. The Morgan fingerprint density at radius 1 is 0.600 bits per heavy atom. The van der Waals surface area contributed by atoms with Gasteiger partial charge in [0.1, 0.15) is 0 Å². The lowest BCUT2D eigenvalue weighted by Gasteiger charge is -2.11. The molecule has 2 nitrogen and oxygen atoms in total. The Hall–Kier alpha value is -6.51. The van der Waals surface area contributed by atoms with Gasteiger partial charge in [0.2, 0.25) is 11.4 Å². The molecule has 0 N–H and O–H groups in total. The lowest BCUT2D eigenvalue weighted by Crippen LogP contribution is -2.11. The maximum Gasteiger partial charge on any atom is 0.218 e. The molecule has 0 spiro atoms. The first-order valence-electron chi connectivity index (χ1n) is 17.1. The van der Waals surface area contributed by atoms with Crippen LogP contribution in [0.3, 0.4) is 0 Å². The highest BCUT2D eigenvalue weighted by Crippen LogP contribution is 2.35. The smallest absolute Gasteiger partial charge is 0.218 e. The van der Waals surface area contributed by atoms with Crippen molar-refractivity contribution in [2.24, 2.45) is 0 Å². The third-order valence-electron chi connectivity index (χ3n) is 9.32. The van der Waals surface area contributed by atoms with Crippen LogP contribution in [0, 0.1) is 0 Å². The van der Waals surface area contributed by atoms with Crippen LogP contribution in [-0.2, 0) is 0 Å². The van der Waals surface area contributed by atoms with Gasteiger partial charge in [0.25, 0.3) is 0 Å². The predicted octanol–water partition coefficient (Wildman–Crippen LogP) is 12.5. The number of aromatic nitrogens is 1. The van der Waals surface area contributed by atoms with Crippen LogP contribution < -0.4 is 0 Å². The number of allylic oxidation sites excluding steroid dienone is 8. The molecule has 2 heterocycles. The molecule has 8 rings (SSSR count). The van der Waals surface area contributed by atoms with E-state index in [4.69, 9.17) is 0 Å². The largest absolute Gasteiger partial charge is 0.309 e. The molecule has 0 unspecified atom stereocenters. The van der Waals surface area contributed by atoms with Crippen LogP contribution in [0.15, 0.2) is 206 Å². The maximum atomic E-state index is 4.50. The molecule has 0 atom stereocenters. The van der Waals surface area contributed by atoms with E-state index in [1.807, 2.05) is 0 Å². The molecule has 0 bridgehead atoms. The molecule has 0 aliphatic carbocycles. The zero-order valence-electron chi connectivity index (χ0n) is 28.1. The molecule has 0 saturated carbocycles. The summed E-state index contributed by atoms with van der Waals surface area (Å²) in [5, 5.41) is 2.45. The first-order valence-corrected chi connectivity index (χ1v) is 17.1. The van der Waals surface area contributed by atoms with Gasteiger partial charge >= 0.3 is 0 Å². The zero-order chi connectivity index (χ0) is 33.9. The van der Waals surface area contributed by atoms with Crippen molar-refractivity contribution in [2.75, 3.05) is 0 Å². The Morgan fingerprint density at radius 2 is 1.26 bits per heavy atom. The number of para-hydroxylation sites is 1. The molecule has 2 heteroatoms. The summed E-state index contributed by atoms with van der Waals surface area (Å²) >= 11 is 0. The number of rotatable bonds is 7. The van der Waals surface area contributed by atoms with Crippen LogP contribution in [0.1, 0.15) is 12.5 Å². The minimum Gasteiger partial charge on any atom is -0.309 e. The van der Waals surface area contributed by atoms with Crippen LogP contribution in [-0.4, -0.2) is 14.9 Å². The van der Waals surface area contributed by atoms with Gasteiger partial charge in [-0.1, -0.05) is 134 Å². The van der Waals surface area contributed by atoms with Crippen molar-refractivity contribution in [3.05, 3.63) is 212 Å². The molecule has 0 saturated heterocycles. The van der Waals surface area contributed by atoms with Crippen molar-refractivity contribution in [1.82, 2.24) is 4.57 Å². The Balaban J connectivity index is 1.28. The van der Waals surface area contributed by atoms with Gasteiger partial charge in [-0.15, -0.1) is 0 Å². The van der Waals surface area contributed by atoms with Gasteiger partial charge in [0.05, 0.1) is 11.0 Å². The zero-order valence-corrected chi connectivity index (χ0v) is 28.1. The van der Waals surface area contributed by atoms with Gasteiger partial charge in [0.15, 0.2) is 6.20 Å². The molecule has 0 radical (unpaired) electrons. The Bertz CT molecular complexity index is 2540. The van der Waals surface area contributed by atoms with E-state index in [-0.39, 0.29) is 0 Å². The van der Waals surface area contributed by atoms with Crippen LogP contribution in [0.4, 0.5) is 5.69 Å². The quantitative estimate of drug-likeness (QED) is 0.121. The molecule has 1 aliphatic rings. The summed E-state index contributed by atoms with van der Waals surface area (Å²) in [7, 11) is 0. The normalized spacial score (nSPS) is 13.5. The van der Waals surface area contributed by atoms with Gasteiger partial charge in [-0.2, -0.15) is 4.58 Å². The summed E-state index contributed by atoms with van der Waals surface area (Å²) in [6.07, 6.45) is 14.9. The topological polar surface area (TPSA) is 7.94 Å². The van der Waals surface area contributed by atoms with E-state index in [0.717, 1.165) is 33.8 Å². The first kappa shape index (κ1) is 30.8. The summed E-state index contributed by atoms with van der Waals surface area (Å²) in [5.74, 6) is 0. The average molecular weight is 642 g/mol. The fourth-order valence-corrected chi connectivity index (χ4v) is 6.92. The van der Waals surface area contributed by atoms with Gasteiger partial charge in [-0.05, 0) is 76.7 Å². The van der Waals surface area contributed by atoms with E-state index >= 15 is 0 Å². The van der Waals surface area contributed by atoms with Crippen LogP contribution in [0.2, 0.25) is 0 Å². The minimum atomic E-state index is 0.943. The summed E-state index contributed by atoms with van der Waals surface area (Å²) < 4.78 is 4.63. The number of benzene rings is 6. The molecule has 6 aromatic carbocycles. The second-order valence-corrected chi connectivity index (χ2v) is 12.5. The molecule has 7 aromatic rings. The van der Waals surface area contributed by atoms with Gasteiger partial charge < -0.3 is 4.57 Å². The summed E-state index contributed by atoms with van der Waals surface area (Å²) in [6.45, 7) is 6.57. The molecular formula is C48H37N2+. The minimum absolute atomic E-state index is 0.943. The van der Waals surface area contributed by atoms with Gasteiger partial charge in [-0.25, -0.2) is 0 Å². The number of nitrogens with zero attached hydrogens (tertiary/aromatic N) is 2. The van der Waals surface area contributed by atoms with E-state index < -0.39 is 0 Å². The highest BCUT2D eigenvalue weighted by molar-refractivity contribution is 6.14. The van der Waals surface area contributed by atoms with Crippen molar-refractivity contribution in [3.8, 4) is 27.9 Å². The lowest BCUT2D eigenvalue weighted by atomic mass is 9.98. The van der Waals surface area contributed by atoms with E-state index in [1.165, 1.54) is 44.1 Å².